The van der Waals surface area contributed by atoms with E-state index in [-0.39, 0.29) is 5.97 Å². The van der Waals surface area contributed by atoms with Gasteiger partial charge in [0.05, 0.1) is 5.08 Å². The van der Waals surface area contributed by atoms with Gasteiger partial charge in [0, 0.05) is 17.9 Å². The standard InChI is InChI=1S/C6H9O2S2/c1-5(7)8-2-6-3-9-4-10-6/h4,6H,2-3H2,1H3. The molecule has 1 heterocycles. The average Bonchev–Trinajstić information content (AvgIpc) is 2.34. The molecule has 4 heteroatoms. The number of ether oxygens (including phenoxy) is 1. The van der Waals surface area contributed by atoms with E-state index in [1.807, 2.05) is 0 Å². The molecule has 10 heavy (non-hydrogen) atoms. The molecule has 1 atom stereocenters. The van der Waals surface area contributed by atoms with Crippen LogP contribution in [-0.4, -0.2) is 23.6 Å². The van der Waals surface area contributed by atoms with E-state index in [4.69, 9.17) is 4.74 Å². The Morgan fingerprint density at radius 3 is 3.20 bits per heavy atom. The Morgan fingerprint density at radius 1 is 1.90 bits per heavy atom. The van der Waals surface area contributed by atoms with Gasteiger partial charge < -0.3 is 4.74 Å². The van der Waals surface area contributed by atoms with E-state index in [0.29, 0.717) is 11.9 Å². The zero-order valence-electron chi connectivity index (χ0n) is 5.70. The lowest BCUT2D eigenvalue weighted by Gasteiger charge is -2.05. The second-order valence-electron chi connectivity index (χ2n) is 1.99. The molecule has 2 nitrogen and oxygen atoms in total. The molecule has 1 rings (SSSR count). The zero-order chi connectivity index (χ0) is 7.40. The van der Waals surface area contributed by atoms with Crippen LogP contribution in [0.5, 0.6) is 0 Å². The van der Waals surface area contributed by atoms with Gasteiger partial charge >= 0.3 is 5.97 Å². The van der Waals surface area contributed by atoms with Crippen molar-refractivity contribution in [2.45, 2.75) is 12.2 Å². The van der Waals surface area contributed by atoms with E-state index in [2.05, 4.69) is 5.08 Å². The lowest BCUT2D eigenvalue weighted by Crippen LogP contribution is -2.13. The molecular formula is C6H9O2S2. The number of hydrogen-bond donors (Lipinski definition) is 0. The molecule has 57 valence electrons. The van der Waals surface area contributed by atoms with Gasteiger partial charge in [0.25, 0.3) is 0 Å². The summed E-state index contributed by atoms with van der Waals surface area (Å²) < 4.78 is 4.83. The Bertz CT molecular complexity index is 121. The first-order valence-corrected chi connectivity index (χ1v) is 5.00. The molecule has 0 N–H and O–H groups in total. The van der Waals surface area contributed by atoms with Crippen LogP contribution in [0, 0.1) is 5.08 Å². The lowest BCUT2D eigenvalue weighted by atomic mass is 10.5. The summed E-state index contributed by atoms with van der Waals surface area (Å²) in [6.45, 7) is 2.00. The van der Waals surface area contributed by atoms with Gasteiger partial charge in [0.2, 0.25) is 0 Å². The minimum Gasteiger partial charge on any atom is -0.465 e. The van der Waals surface area contributed by atoms with Crippen LogP contribution in [0.1, 0.15) is 6.92 Å². The van der Waals surface area contributed by atoms with Crippen LogP contribution in [0.3, 0.4) is 0 Å². The second kappa shape index (κ2) is 4.13. The largest absolute Gasteiger partial charge is 0.465 e. The first-order valence-electron chi connectivity index (χ1n) is 3.01. The number of esters is 1. The molecule has 1 aliphatic rings. The molecule has 1 radical (unpaired) electrons. The van der Waals surface area contributed by atoms with Crippen molar-refractivity contribution in [3.63, 3.8) is 0 Å². The monoisotopic (exact) mass is 177 g/mol. The van der Waals surface area contributed by atoms with Crippen molar-refractivity contribution in [1.82, 2.24) is 0 Å². The molecular weight excluding hydrogens is 168 g/mol. The van der Waals surface area contributed by atoms with Gasteiger partial charge in [-0.2, -0.15) is 0 Å². The minimum atomic E-state index is -0.183. The van der Waals surface area contributed by atoms with E-state index >= 15 is 0 Å². The van der Waals surface area contributed by atoms with Crippen molar-refractivity contribution in [2.75, 3.05) is 12.4 Å². The highest BCUT2D eigenvalue weighted by Crippen LogP contribution is 2.33. The number of rotatable bonds is 2. The van der Waals surface area contributed by atoms with Gasteiger partial charge in [-0.05, 0) is 0 Å². The summed E-state index contributed by atoms with van der Waals surface area (Å²) in [5.41, 5.74) is 0. The predicted molar refractivity (Wildman–Crippen MR) is 44.8 cm³/mol. The third-order valence-corrected chi connectivity index (χ3v) is 3.55. The summed E-state index contributed by atoms with van der Waals surface area (Å²) in [6.07, 6.45) is 0. The molecule has 1 unspecified atom stereocenters. The highest BCUT2D eigenvalue weighted by molar-refractivity contribution is 8.22. The van der Waals surface area contributed by atoms with Crippen LogP contribution in [0.25, 0.3) is 0 Å². The Morgan fingerprint density at radius 2 is 2.70 bits per heavy atom. The first-order chi connectivity index (χ1) is 4.79. The van der Waals surface area contributed by atoms with Crippen LogP contribution in [0.15, 0.2) is 0 Å². The highest BCUT2D eigenvalue weighted by Gasteiger charge is 2.17. The van der Waals surface area contributed by atoms with Crippen LogP contribution in [-0.2, 0) is 9.53 Å². The summed E-state index contributed by atoms with van der Waals surface area (Å²) in [5, 5.41) is 2.57. The summed E-state index contributed by atoms with van der Waals surface area (Å²) >= 11 is 3.53. The van der Waals surface area contributed by atoms with Crippen molar-refractivity contribution < 1.29 is 9.53 Å². The maximum absolute atomic E-state index is 10.4. The van der Waals surface area contributed by atoms with Crippen molar-refractivity contribution in [2.24, 2.45) is 0 Å². The van der Waals surface area contributed by atoms with E-state index in [0.717, 1.165) is 5.75 Å². The summed E-state index contributed by atoms with van der Waals surface area (Å²) in [4.78, 5) is 10.4. The smallest absolute Gasteiger partial charge is 0.302 e. The van der Waals surface area contributed by atoms with Gasteiger partial charge in [0.15, 0.2) is 0 Å². The second-order valence-corrected chi connectivity index (χ2v) is 4.37. The number of thioether (sulfide) groups is 2. The van der Waals surface area contributed by atoms with Gasteiger partial charge in [-0.1, -0.05) is 0 Å². The van der Waals surface area contributed by atoms with Gasteiger partial charge in [0.1, 0.15) is 6.61 Å². The molecule has 0 aromatic heterocycles. The molecule has 0 saturated carbocycles. The number of carbonyl (C=O) groups excluding carboxylic acids is 1. The van der Waals surface area contributed by atoms with E-state index in [9.17, 15) is 4.79 Å². The Balaban J connectivity index is 2.07. The zero-order valence-corrected chi connectivity index (χ0v) is 7.33. The van der Waals surface area contributed by atoms with Gasteiger partial charge in [-0.25, -0.2) is 0 Å². The van der Waals surface area contributed by atoms with Crippen molar-refractivity contribution >= 4 is 29.5 Å². The normalized spacial score (nSPS) is 24.7. The molecule has 0 spiro atoms. The summed E-state index contributed by atoms with van der Waals surface area (Å²) in [7, 11) is 0. The van der Waals surface area contributed by atoms with Crippen LogP contribution < -0.4 is 0 Å². The van der Waals surface area contributed by atoms with Gasteiger partial charge in [-0.15, -0.1) is 23.5 Å². The molecule has 1 saturated heterocycles. The van der Waals surface area contributed by atoms with Crippen LogP contribution in [0.2, 0.25) is 0 Å². The van der Waals surface area contributed by atoms with E-state index in [1.54, 1.807) is 23.5 Å². The number of hydrogen-bond acceptors (Lipinski definition) is 4. The lowest BCUT2D eigenvalue weighted by molar-refractivity contribution is -0.140. The summed E-state index contributed by atoms with van der Waals surface area (Å²) in [6, 6.07) is 0. The Hall–Kier alpha value is 0.170. The third kappa shape index (κ3) is 2.84. The minimum absolute atomic E-state index is 0.183. The fourth-order valence-corrected chi connectivity index (χ4v) is 2.87. The average molecular weight is 177 g/mol. The summed E-state index contributed by atoms with van der Waals surface area (Å²) in [5.74, 6) is 0.885. The molecule has 1 aliphatic heterocycles. The van der Waals surface area contributed by atoms with Crippen molar-refractivity contribution in [3.05, 3.63) is 5.08 Å². The maximum Gasteiger partial charge on any atom is 0.302 e. The molecule has 1 fully saturated rings. The molecule has 0 aliphatic carbocycles. The van der Waals surface area contributed by atoms with E-state index < -0.39 is 0 Å². The quantitative estimate of drug-likeness (QED) is 0.597. The molecule has 0 amide bonds. The first kappa shape index (κ1) is 8.27. The Kier molecular flexibility index (Phi) is 3.42. The van der Waals surface area contributed by atoms with Gasteiger partial charge in [-0.3, -0.25) is 4.79 Å². The number of carbonyl (C=O) groups is 1. The fraction of sp³-hybridized carbons (Fsp3) is 0.667. The van der Waals surface area contributed by atoms with Crippen LogP contribution >= 0.6 is 23.5 Å². The molecule has 0 aromatic rings. The van der Waals surface area contributed by atoms with Crippen molar-refractivity contribution in [1.29, 1.82) is 0 Å². The Labute approximate surface area is 69.1 Å². The van der Waals surface area contributed by atoms with E-state index in [1.165, 1.54) is 6.92 Å². The SMILES string of the molecule is CC(=O)OCC1CS[CH]S1. The third-order valence-electron chi connectivity index (χ3n) is 1.07. The molecule has 0 bridgehead atoms. The van der Waals surface area contributed by atoms with Crippen molar-refractivity contribution in [3.8, 4) is 0 Å². The topological polar surface area (TPSA) is 26.3 Å². The highest BCUT2D eigenvalue weighted by atomic mass is 32.2. The van der Waals surface area contributed by atoms with Crippen LogP contribution in [0.4, 0.5) is 0 Å². The fourth-order valence-electron chi connectivity index (χ4n) is 0.601. The maximum atomic E-state index is 10.4. The predicted octanol–water partition coefficient (Wildman–Crippen LogP) is 1.52. The molecule has 0 aromatic carbocycles.